The minimum absolute atomic E-state index is 0.0860. The van der Waals surface area contributed by atoms with E-state index in [1.807, 2.05) is 17.0 Å². The number of halogens is 1. The van der Waals surface area contributed by atoms with Gasteiger partial charge in [0.05, 0.1) is 5.56 Å². The molecule has 2 aliphatic rings. The van der Waals surface area contributed by atoms with Gasteiger partial charge < -0.3 is 10.6 Å². The molecule has 108 valence electrons. The highest BCUT2D eigenvalue weighted by atomic mass is 79.9. The molecule has 0 bridgehead atoms. The Balaban J connectivity index is 1.69. The van der Waals surface area contributed by atoms with Crippen molar-refractivity contribution in [3.05, 3.63) is 28.2 Å². The van der Waals surface area contributed by atoms with Crippen molar-refractivity contribution >= 4 is 27.5 Å². The van der Waals surface area contributed by atoms with Crippen LogP contribution in [0.1, 0.15) is 48.9 Å². The maximum Gasteiger partial charge on any atom is 0.255 e. The average molecular weight is 337 g/mol. The van der Waals surface area contributed by atoms with E-state index in [0.29, 0.717) is 16.7 Å². The molecule has 3 nitrogen and oxygen atoms in total. The molecular weight excluding hydrogens is 316 g/mol. The van der Waals surface area contributed by atoms with Crippen molar-refractivity contribution in [3.8, 4) is 0 Å². The molecule has 1 aromatic carbocycles. The number of piperidine rings is 1. The third-order valence-corrected chi connectivity index (χ3v) is 5.51. The van der Waals surface area contributed by atoms with Gasteiger partial charge in [0.15, 0.2) is 0 Å². The lowest BCUT2D eigenvalue weighted by Gasteiger charge is -2.39. The number of carbonyl (C=O) groups is 1. The van der Waals surface area contributed by atoms with Gasteiger partial charge in [-0.05, 0) is 49.3 Å². The lowest BCUT2D eigenvalue weighted by atomic mass is 9.77. The van der Waals surface area contributed by atoms with Crippen LogP contribution < -0.4 is 5.73 Å². The molecule has 20 heavy (non-hydrogen) atoms. The molecule has 2 fully saturated rings. The Kier molecular flexibility index (Phi) is 3.76. The van der Waals surface area contributed by atoms with Gasteiger partial charge in [-0.2, -0.15) is 0 Å². The summed E-state index contributed by atoms with van der Waals surface area (Å²) >= 11 is 3.38. The summed E-state index contributed by atoms with van der Waals surface area (Å²) in [6.45, 7) is 1.77. The van der Waals surface area contributed by atoms with Crippen molar-refractivity contribution in [1.29, 1.82) is 0 Å². The van der Waals surface area contributed by atoms with Gasteiger partial charge in [-0.3, -0.25) is 4.79 Å². The number of carbonyl (C=O) groups excluding carboxylic acids is 1. The van der Waals surface area contributed by atoms with Crippen LogP contribution in [0, 0.1) is 5.41 Å². The molecule has 1 saturated carbocycles. The van der Waals surface area contributed by atoms with E-state index < -0.39 is 0 Å². The van der Waals surface area contributed by atoms with Crippen molar-refractivity contribution in [2.45, 2.75) is 38.5 Å². The van der Waals surface area contributed by atoms with Gasteiger partial charge in [0.25, 0.3) is 5.91 Å². The summed E-state index contributed by atoms with van der Waals surface area (Å²) in [6, 6.07) is 5.50. The number of nitrogen functional groups attached to an aromatic ring is 1. The molecule has 0 atom stereocenters. The van der Waals surface area contributed by atoms with Crippen LogP contribution in [-0.4, -0.2) is 23.9 Å². The first kappa shape index (κ1) is 13.9. The van der Waals surface area contributed by atoms with Crippen LogP contribution in [-0.2, 0) is 0 Å². The molecule has 1 heterocycles. The molecule has 1 aromatic rings. The molecule has 1 amide bonds. The van der Waals surface area contributed by atoms with Gasteiger partial charge in [-0.15, -0.1) is 0 Å². The van der Waals surface area contributed by atoms with E-state index in [1.54, 1.807) is 6.07 Å². The fraction of sp³-hybridized carbons (Fsp3) is 0.562. The van der Waals surface area contributed by atoms with E-state index >= 15 is 0 Å². The average Bonchev–Trinajstić information content (AvgIpc) is 2.87. The number of nitrogens with zero attached hydrogens (tertiary/aromatic N) is 1. The van der Waals surface area contributed by atoms with Crippen molar-refractivity contribution in [3.63, 3.8) is 0 Å². The van der Waals surface area contributed by atoms with Crippen LogP contribution in [0.4, 0.5) is 5.69 Å². The smallest absolute Gasteiger partial charge is 0.255 e. The van der Waals surface area contributed by atoms with Gasteiger partial charge in [0.1, 0.15) is 0 Å². The minimum atomic E-state index is 0.0860. The van der Waals surface area contributed by atoms with E-state index in [9.17, 15) is 4.79 Å². The third-order valence-electron chi connectivity index (χ3n) is 5.02. The van der Waals surface area contributed by atoms with Crippen molar-refractivity contribution in [1.82, 2.24) is 4.90 Å². The molecular formula is C16H21BrN2O. The lowest BCUT2D eigenvalue weighted by molar-refractivity contribution is 0.0588. The topological polar surface area (TPSA) is 46.3 Å². The molecule has 1 spiro atoms. The molecule has 0 unspecified atom stereocenters. The number of amides is 1. The second-order valence-electron chi connectivity index (χ2n) is 6.23. The number of hydrogen-bond acceptors (Lipinski definition) is 2. The number of nitrogens with two attached hydrogens (primary N) is 1. The van der Waals surface area contributed by atoms with Crippen molar-refractivity contribution < 1.29 is 4.79 Å². The van der Waals surface area contributed by atoms with E-state index in [-0.39, 0.29) is 5.91 Å². The van der Waals surface area contributed by atoms with Gasteiger partial charge in [-0.25, -0.2) is 0 Å². The predicted molar refractivity (Wildman–Crippen MR) is 84.6 cm³/mol. The van der Waals surface area contributed by atoms with Crippen LogP contribution in [0.2, 0.25) is 0 Å². The summed E-state index contributed by atoms with van der Waals surface area (Å²) < 4.78 is 0.912. The molecule has 2 N–H and O–H groups in total. The standard InChI is InChI=1S/C16H21BrN2O/c17-12-3-4-13(14(18)11-12)15(20)19-9-7-16(8-10-19)5-1-2-6-16/h3-4,11H,1-2,5-10,18H2. The van der Waals surface area contributed by atoms with Gasteiger partial charge >= 0.3 is 0 Å². The molecule has 1 saturated heterocycles. The predicted octanol–water partition coefficient (Wildman–Crippen LogP) is 3.83. The molecule has 4 heteroatoms. The number of likely N-dealkylation sites (tertiary alicyclic amines) is 1. The van der Waals surface area contributed by atoms with Crippen LogP contribution in [0.15, 0.2) is 22.7 Å². The highest BCUT2D eigenvalue weighted by Gasteiger charge is 2.38. The van der Waals surface area contributed by atoms with Crippen LogP contribution >= 0.6 is 15.9 Å². The van der Waals surface area contributed by atoms with Crippen LogP contribution in [0.25, 0.3) is 0 Å². The van der Waals surface area contributed by atoms with E-state index in [1.165, 1.54) is 25.7 Å². The fourth-order valence-electron chi connectivity index (χ4n) is 3.71. The normalized spacial score (nSPS) is 21.4. The van der Waals surface area contributed by atoms with Crippen molar-refractivity contribution in [2.75, 3.05) is 18.8 Å². The first-order valence-corrected chi connectivity index (χ1v) is 8.23. The molecule has 1 aliphatic heterocycles. The molecule has 3 rings (SSSR count). The van der Waals surface area contributed by atoms with E-state index in [0.717, 1.165) is 30.4 Å². The Hall–Kier alpha value is -1.03. The second-order valence-corrected chi connectivity index (χ2v) is 7.15. The maximum atomic E-state index is 12.6. The molecule has 1 aliphatic carbocycles. The summed E-state index contributed by atoms with van der Waals surface area (Å²) in [5, 5.41) is 0. The van der Waals surface area contributed by atoms with Crippen molar-refractivity contribution in [2.24, 2.45) is 5.41 Å². The lowest BCUT2D eigenvalue weighted by Crippen LogP contribution is -2.42. The Labute approximate surface area is 128 Å². The van der Waals surface area contributed by atoms with Gasteiger partial charge in [0, 0.05) is 23.2 Å². The zero-order valence-electron chi connectivity index (χ0n) is 11.7. The second kappa shape index (κ2) is 5.40. The fourth-order valence-corrected chi connectivity index (χ4v) is 4.09. The van der Waals surface area contributed by atoms with E-state index in [4.69, 9.17) is 5.73 Å². The zero-order valence-corrected chi connectivity index (χ0v) is 13.3. The Morgan fingerprint density at radius 3 is 2.40 bits per heavy atom. The van der Waals surface area contributed by atoms with Gasteiger partial charge in [0.2, 0.25) is 0 Å². The summed E-state index contributed by atoms with van der Waals surface area (Å²) in [6.07, 6.45) is 7.77. The largest absolute Gasteiger partial charge is 0.398 e. The number of hydrogen-bond donors (Lipinski definition) is 1. The first-order chi connectivity index (χ1) is 9.60. The SMILES string of the molecule is Nc1cc(Br)ccc1C(=O)N1CCC2(CCCC2)CC1. The minimum Gasteiger partial charge on any atom is -0.398 e. The number of anilines is 1. The Bertz CT molecular complexity index is 513. The monoisotopic (exact) mass is 336 g/mol. The van der Waals surface area contributed by atoms with Gasteiger partial charge in [-0.1, -0.05) is 28.8 Å². The zero-order chi connectivity index (χ0) is 14.2. The number of rotatable bonds is 1. The summed E-state index contributed by atoms with van der Waals surface area (Å²) in [7, 11) is 0. The Morgan fingerprint density at radius 1 is 1.15 bits per heavy atom. The van der Waals surface area contributed by atoms with Crippen LogP contribution in [0.3, 0.4) is 0 Å². The highest BCUT2D eigenvalue weighted by Crippen LogP contribution is 2.46. The Morgan fingerprint density at radius 2 is 1.80 bits per heavy atom. The highest BCUT2D eigenvalue weighted by molar-refractivity contribution is 9.10. The van der Waals surface area contributed by atoms with E-state index in [2.05, 4.69) is 15.9 Å². The molecule has 0 radical (unpaired) electrons. The number of benzene rings is 1. The summed E-state index contributed by atoms with van der Waals surface area (Å²) in [4.78, 5) is 14.5. The summed E-state index contributed by atoms with van der Waals surface area (Å²) in [5.41, 5.74) is 7.71. The molecule has 0 aromatic heterocycles. The quantitative estimate of drug-likeness (QED) is 0.792. The summed E-state index contributed by atoms with van der Waals surface area (Å²) in [5.74, 6) is 0.0860. The maximum absolute atomic E-state index is 12.6. The first-order valence-electron chi connectivity index (χ1n) is 7.44. The van der Waals surface area contributed by atoms with Crippen LogP contribution in [0.5, 0.6) is 0 Å². The third kappa shape index (κ3) is 2.58.